The van der Waals surface area contributed by atoms with E-state index in [0.29, 0.717) is 10.8 Å². The van der Waals surface area contributed by atoms with Gasteiger partial charge >= 0.3 is 6.61 Å². The maximum Gasteiger partial charge on any atom is 0.387 e. The average molecular weight is 354 g/mol. The third kappa shape index (κ3) is 6.83. The van der Waals surface area contributed by atoms with Crippen LogP contribution in [0, 0.1) is 0 Å². The zero-order valence-corrected chi connectivity index (χ0v) is 13.8. The summed E-state index contributed by atoms with van der Waals surface area (Å²) in [5, 5.41) is 6.57. The van der Waals surface area contributed by atoms with Gasteiger partial charge in [-0.3, -0.25) is 0 Å². The Morgan fingerprint density at radius 3 is 2.43 bits per heavy atom. The second-order valence-electron chi connectivity index (χ2n) is 4.45. The average Bonchev–Trinajstić information content (AvgIpc) is 2.54. The zero-order chi connectivity index (χ0) is 16.5. The predicted octanol–water partition coefficient (Wildman–Crippen LogP) is 4.37. The second-order valence-corrected chi connectivity index (χ2v) is 6.02. The molecular weight excluding hydrogens is 338 g/mol. The highest BCUT2D eigenvalue weighted by molar-refractivity contribution is 7.99. The molecule has 0 aliphatic heterocycles. The number of hydrogen-bond donors (Lipinski definition) is 2. The van der Waals surface area contributed by atoms with Gasteiger partial charge in [0.15, 0.2) is 5.11 Å². The van der Waals surface area contributed by atoms with E-state index in [-0.39, 0.29) is 5.75 Å². The van der Waals surface area contributed by atoms with Crippen LogP contribution >= 0.6 is 24.0 Å². The molecule has 0 aliphatic rings. The van der Waals surface area contributed by atoms with Crippen molar-refractivity contribution in [3.05, 3.63) is 54.6 Å². The zero-order valence-electron chi connectivity index (χ0n) is 12.2. The van der Waals surface area contributed by atoms with Gasteiger partial charge in [-0.25, -0.2) is 0 Å². The number of thiocarbonyl (C=S) groups is 1. The smallest absolute Gasteiger partial charge is 0.387 e. The van der Waals surface area contributed by atoms with Crippen molar-refractivity contribution in [1.82, 2.24) is 5.32 Å². The Bertz CT molecular complexity index is 609. The van der Waals surface area contributed by atoms with Crippen LogP contribution in [-0.4, -0.2) is 24.0 Å². The van der Waals surface area contributed by atoms with Gasteiger partial charge in [-0.2, -0.15) is 8.78 Å². The van der Waals surface area contributed by atoms with E-state index in [0.717, 1.165) is 12.3 Å². The second kappa shape index (κ2) is 9.32. The summed E-state index contributed by atoms with van der Waals surface area (Å²) in [6, 6.07) is 16.3. The molecule has 0 unspecified atom stereocenters. The predicted molar refractivity (Wildman–Crippen MR) is 94.5 cm³/mol. The summed E-state index contributed by atoms with van der Waals surface area (Å²) in [5.41, 5.74) is 0.708. The molecule has 0 aliphatic carbocycles. The number of anilines is 1. The number of ether oxygens (including phenoxy) is 1. The standard InChI is InChI=1S/C16H16F2N2OS2/c17-15(18)21-13-8-6-12(7-9-13)20-16(22)19-10-11-23-14-4-2-1-3-5-14/h1-9,15H,10-11H2,(H2,19,20,22). The fourth-order valence-corrected chi connectivity index (χ4v) is 2.75. The van der Waals surface area contributed by atoms with E-state index < -0.39 is 6.61 Å². The summed E-state index contributed by atoms with van der Waals surface area (Å²) in [6.07, 6.45) is 0. The van der Waals surface area contributed by atoms with Crippen LogP contribution < -0.4 is 15.4 Å². The molecule has 3 nitrogen and oxygen atoms in total. The van der Waals surface area contributed by atoms with Crippen molar-refractivity contribution in [3.8, 4) is 5.75 Å². The van der Waals surface area contributed by atoms with Gasteiger partial charge in [0.05, 0.1) is 0 Å². The topological polar surface area (TPSA) is 33.3 Å². The van der Waals surface area contributed by atoms with Crippen molar-refractivity contribution in [2.75, 3.05) is 17.6 Å². The van der Waals surface area contributed by atoms with Crippen LogP contribution in [0.3, 0.4) is 0 Å². The molecule has 7 heteroatoms. The molecule has 2 aromatic carbocycles. The van der Waals surface area contributed by atoms with Gasteiger partial charge in [-0.1, -0.05) is 18.2 Å². The molecule has 0 spiro atoms. The van der Waals surface area contributed by atoms with Crippen LogP contribution in [-0.2, 0) is 0 Å². The van der Waals surface area contributed by atoms with Crippen molar-refractivity contribution in [1.29, 1.82) is 0 Å². The first-order valence-corrected chi connectivity index (χ1v) is 8.30. The minimum Gasteiger partial charge on any atom is -0.435 e. The fraction of sp³-hybridized carbons (Fsp3) is 0.188. The molecule has 0 bridgehead atoms. The highest BCUT2D eigenvalue weighted by Crippen LogP contribution is 2.18. The number of halogens is 2. The third-order valence-electron chi connectivity index (χ3n) is 2.74. The molecule has 0 saturated carbocycles. The molecule has 0 fully saturated rings. The molecule has 0 heterocycles. The fourth-order valence-electron chi connectivity index (χ4n) is 1.75. The number of thioether (sulfide) groups is 1. The number of rotatable bonds is 7. The minimum atomic E-state index is -2.82. The van der Waals surface area contributed by atoms with E-state index in [1.165, 1.54) is 17.0 Å². The summed E-state index contributed by atoms with van der Waals surface area (Å²) < 4.78 is 28.4. The Hall–Kier alpha value is -1.86. The van der Waals surface area contributed by atoms with Gasteiger partial charge < -0.3 is 15.4 Å². The van der Waals surface area contributed by atoms with Gasteiger partial charge in [-0.05, 0) is 48.6 Å². The van der Waals surface area contributed by atoms with Crippen molar-refractivity contribution < 1.29 is 13.5 Å². The third-order valence-corrected chi connectivity index (χ3v) is 4.00. The van der Waals surface area contributed by atoms with Gasteiger partial charge in [0.1, 0.15) is 5.75 Å². The Balaban J connectivity index is 1.68. The summed E-state index contributed by atoms with van der Waals surface area (Å²) in [4.78, 5) is 1.21. The molecule has 122 valence electrons. The Labute approximate surface area is 143 Å². The van der Waals surface area contributed by atoms with Crippen molar-refractivity contribution in [2.45, 2.75) is 11.5 Å². The van der Waals surface area contributed by atoms with Crippen molar-refractivity contribution in [2.24, 2.45) is 0 Å². The maximum absolute atomic E-state index is 12.1. The Morgan fingerprint density at radius 2 is 1.78 bits per heavy atom. The summed E-state index contributed by atoms with van der Waals surface area (Å²) in [5.74, 6) is 0.996. The number of hydrogen-bond acceptors (Lipinski definition) is 3. The summed E-state index contributed by atoms with van der Waals surface area (Å²) in [6.45, 7) is -2.10. The van der Waals surface area contributed by atoms with Gasteiger partial charge in [0, 0.05) is 22.9 Å². The lowest BCUT2D eigenvalue weighted by Crippen LogP contribution is -2.30. The lowest BCUT2D eigenvalue weighted by atomic mass is 10.3. The molecule has 2 N–H and O–H groups in total. The minimum absolute atomic E-state index is 0.115. The Morgan fingerprint density at radius 1 is 1.09 bits per heavy atom. The van der Waals surface area contributed by atoms with E-state index in [1.54, 1.807) is 23.9 Å². The summed E-state index contributed by atoms with van der Waals surface area (Å²) >= 11 is 6.92. The van der Waals surface area contributed by atoms with Crippen LogP contribution in [0.25, 0.3) is 0 Å². The van der Waals surface area contributed by atoms with Crippen molar-refractivity contribution >= 4 is 34.8 Å². The van der Waals surface area contributed by atoms with Gasteiger partial charge in [0.25, 0.3) is 0 Å². The van der Waals surface area contributed by atoms with Crippen LogP contribution in [0.5, 0.6) is 5.75 Å². The number of nitrogens with one attached hydrogen (secondary N) is 2. The van der Waals surface area contributed by atoms with Crippen LogP contribution in [0.15, 0.2) is 59.5 Å². The van der Waals surface area contributed by atoms with Crippen LogP contribution in [0.1, 0.15) is 0 Å². The Kier molecular flexibility index (Phi) is 7.09. The molecule has 0 aromatic heterocycles. The van der Waals surface area contributed by atoms with Gasteiger partial charge in [0.2, 0.25) is 0 Å². The monoisotopic (exact) mass is 354 g/mol. The largest absolute Gasteiger partial charge is 0.435 e. The normalized spacial score (nSPS) is 10.4. The highest BCUT2D eigenvalue weighted by Gasteiger charge is 2.04. The summed E-state index contributed by atoms with van der Waals surface area (Å²) in [7, 11) is 0. The maximum atomic E-state index is 12.1. The van der Waals surface area contributed by atoms with E-state index in [9.17, 15) is 8.78 Å². The molecule has 0 atom stereocenters. The molecule has 0 amide bonds. The number of benzene rings is 2. The van der Waals surface area contributed by atoms with E-state index in [4.69, 9.17) is 12.2 Å². The van der Waals surface area contributed by atoms with Gasteiger partial charge in [-0.15, -0.1) is 11.8 Å². The van der Waals surface area contributed by atoms with E-state index in [1.807, 2.05) is 18.2 Å². The molecule has 2 aromatic rings. The molecule has 23 heavy (non-hydrogen) atoms. The number of alkyl halides is 2. The molecule has 0 radical (unpaired) electrons. The molecule has 2 rings (SSSR count). The van der Waals surface area contributed by atoms with Crippen LogP contribution in [0.2, 0.25) is 0 Å². The quantitative estimate of drug-likeness (QED) is 0.438. The molecule has 0 saturated heterocycles. The first-order valence-electron chi connectivity index (χ1n) is 6.91. The van der Waals surface area contributed by atoms with E-state index >= 15 is 0 Å². The molecular formula is C16H16F2N2OS2. The van der Waals surface area contributed by atoms with Crippen molar-refractivity contribution in [3.63, 3.8) is 0 Å². The first kappa shape index (κ1) is 17.5. The first-order chi connectivity index (χ1) is 11.1. The SMILES string of the molecule is FC(F)Oc1ccc(NC(=S)NCCSc2ccccc2)cc1. The van der Waals surface area contributed by atoms with E-state index in [2.05, 4.69) is 27.5 Å². The lowest BCUT2D eigenvalue weighted by molar-refractivity contribution is -0.0498. The highest BCUT2D eigenvalue weighted by atomic mass is 32.2. The van der Waals surface area contributed by atoms with Crippen LogP contribution in [0.4, 0.5) is 14.5 Å². The lowest BCUT2D eigenvalue weighted by Gasteiger charge is -2.11.